The van der Waals surface area contributed by atoms with E-state index in [0.29, 0.717) is 17.0 Å². The summed E-state index contributed by atoms with van der Waals surface area (Å²) >= 11 is 3.36. The minimum absolute atomic E-state index is 0.0118. The number of amides is 2. The lowest BCUT2D eigenvalue weighted by Crippen LogP contribution is -2.30. The first-order chi connectivity index (χ1) is 12.5. The molecular weight excluding hydrogens is 396 g/mol. The van der Waals surface area contributed by atoms with Crippen molar-refractivity contribution in [2.75, 3.05) is 18.4 Å². The zero-order valence-corrected chi connectivity index (χ0v) is 16.2. The summed E-state index contributed by atoms with van der Waals surface area (Å²) < 4.78 is 6.60. The summed E-state index contributed by atoms with van der Waals surface area (Å²) in [5, 5.41) is 2.82. The van der Waals surface area contributed by atoms with Gasteiger partial charge >= 0.3 is 0 Å². The molecule has 0 aliphatic carbocycles. The van der Waals surface area contributed by atoms with Crippen molar-refractivity contribution in [3.05, 3.63) is 58.6 Å². The monoisotopic (exact) mass is 416 g/mol. The molecular formula is C20H21BrN2O3. The van der Waals surface area contributed by atoms with E-state index in [-0.39, 0.29) is 11.8 Å². The van der Waals surface area contributed by atoms with Crippen LogP contribution in [0.1, 0.15) is 30.1 Å². The number of carbonyl (C=O) groups excluding carboxylic acids is 2. The number of hydrogen-bond donors (Lipinski definition) is 1. The Labute approximate surface area is 161 Å². The summed E-state index contributed by atoms with van der Waals surface area (Å²) in [5.41, 5.74) is 1.18. The van der Waals surface area contributed by atoms with Crippen molar-refractivity contribution in [1.82, 2.24) is 4.90 Å². The highest BCUT2D eigenvalue weighted by Crippen LogP contribution is 2.19. The summed E-state index contributed by atoms with van der Waals surface area (Å²) in [4.78, 5) is 26.7. The zero-order chi connectivity index (χ0) is 18.5. The van der Waals surface area contributed by atoms with Gasteiger partial charge in [-0.1, -0.05) is 22.0 Å². The van der Waals surface area contributed by atoms with Gasteiger partial charge in [-0.05, 0) is 62.2 Å². The van der Waals surface area contributed by atoms with Crippen molar-refractivity contribution in [2.24, 2.45) is 0 Å². The molecule has 2 amide bonds. The van der Waals surface area contributed by atoms with Crippen molar-refractivity contribution in [1.29, 1.82) is 0 Å². The molecule has 1 aliphatic heterocycles. The van der Waals surface area contributed by atoms with Gasteiger partial charge in [-0.3, -0.25) is 9.59 Å². The fourth-order valence-corrected chi connectivity index (χ4v) is 3.11. The molecule has 1 saturated heterocycles. The maximum Gasteiger partial charge on any atom is 0.265 e. The van der Waals surface area contributed by atoms with Gasteiger partial charge in [0.25, 0.3) is 11.8 Å². The van der Waals surface area contributed by atoms with Crippen LogP contribution in [0.4, 0.5) is 5.69 Å². The molecule has 3 rings (SSSR count). The fourth-order valence-electron chi connectivity index (χ4n) is 2.85. The normalized spacial score (nSPS) is 14.8. The highest BCUT2D eigenvalue weighted by atomic mass is 79.9. The van der Waals surface area contributed by atoms with Crippen molar-refractivity contribution < 1.29 is 14.3 Å². The first-order valence-corrected chi connectivity index (χ1v) is 9.44. The number of carbonyl (C=O) groups is 2. The summed E-state index contributed by atoms with van der Waals surface area (Å²) in [5.74, 6) is 0.366. The Morgan fingerprint density at radius 1 is 1.12 bits per heavy atom. The molecule has 26 heavy (non-hydrogen) atoms. The van der Waals surface area contributed by atoms with Gasteiger partial charge in [-0.2, -0.15) is 0 Å². The third-order valence-corrected chi connectivity index (χ3v) is 4.79. The number of ether oxygens (including phenoxy) is 1. The van der Waals surface area contributed by atoms with E-state index in [4.69, 9.17) is 4.74 Å². The fraction of sp³-hybridized carbons (Fsp3) is 0.300. The second kappa shape index (κ2) is 8.36. The summed E-state index contributed by atoms with van der Waals surface area (Å²) in [6.07, 6.45) is 1.44. The zero-order valence-electron chi connectivity index (χ0n) is 14.6. The number of likely N-dealkylation sites (tertiary alicyclic amines) is 1. The largest absolute Gasteiger partial charge is 0.481 e. The number of halogens is 1. The van der Waals surface area contributed by atoms with E-state index in [1.165, 1.54) is 0 Å². The molecule has 2 aromatic rings. The quantitative estimate of drug-likeness (QED) is 0.798. The SMILES string of the molecule is CC(Oc1ccc(Br)cc1)C(=O)Nc1cccc(C(=O)N2CCCC2)c1. The van der Waals surface area contributed by atoms with Crippen LogP contribution >= 0.6 is 15.9 Å². The van der Waals surface area contributed by atoms with Crippen LogP contribution in [-0.2, 0) is 4.79 Å². The Morgan fingerprint density at radius 3 is 2.50 bits per heavy atom. The van der Waals surface area contributed by atoms with Crippen LogP contribution in [0.15, 0.2) is 53.0 Å². The molecule has 0 saturated carbocycles. The van der Waals surface area contributed by atoms with Crippen molar-refractivity contribution in [3.63, 3.8) is 0 Å². The molecule has 0 spiro atoms. The smallest absolute Gasteiger partial charge is 0.265 e. The van der Waals surface area contributed by atoms with Gasteiger partial charge in [0.2, 0.25) is 0 Å². The van der Waals surface area contributed by atoms with Crippen molar-refractivity contribution in [3.8, 4) is 5.75 Å². The van der Waals surface area contributed by atoms with Gasteiger partial charge in [0.1, 0.15) is 5.75 Å². The predicted molar refractivity (Wildman–Crippen MR) is 104 cm³/mol. The standard InChI is InChI=1S/C20H21BrN2O3/c1-14(26-18-9-7-16(21)8-10-18)19(24)22-17-6-4-5-15(13-17)20(25)23-11-2-3-12-23/h4-10,13-14H,2-3,11-12H2,1H3,(H,22,24). The van der Waals surface area contributed by atoms with Crippen molar-refractivity contribution in [2.45, 2.75) is 25.9 Å². The molecule has 0 bridgehead atoms. The molecule has 0 radical (unpaired) electrons. The lowest BCUT2D eigenvalue weighted by Gasteiger charge is -2.17. The minimum Gasteiger partial charge on any atom is -0.481 e. The van der Waals surface area contributed by atoms with E-state index in [1.807, 2.05) is 17.0 Å². The van der Waals surface area contributed by atoms with Crippen LogP contribution in [0.25, 0.3) is 0 Å². The van der Waals surface area contributed by atoms with Crippen LogP contribution in [0.5, 0.6) is 5.75 Å². The summed E-state index contributed by atoms with van der Waals surface area (Å²) in [6.45, 7) is 3.29. The Kier molecular flexibility index (Phi) is 5.93. The van der Waals surface area contributed by atoms with Gasteiger partial charge in [-0.25, -0.2) is 0 Å². The minimum atomic E-state index is -0.658. The van der Waals surface area contributed by atoms with Gasteiger partial charge in [-0.15, -0.1) is 0 Å². The average molecular weight is 417 g/mol. The van der Waals surface area contributed by atoms with Gasteiger partial charge in [0, 0.05) is 28.8 Å². The van der Waals surface area contributed by atoms with Crippen LogP contribution in [-0.4, -0.2) is 35.9 Å². The Hall–Kier alpha value is -2.34. The third-order valence-electron chi connectivity index (χ3n) is 4.27. The first kappa shape index (κ1) is 18.5. The molecule has 0 aromatic heterocycles. The second-order valence-corrected chi connectivity index (χ2v) is 7.20. The topological polar surface area (TPSA) is 58.6 Å². The van der Waals surface area contributed by atoms with E-state index in [0.717, 1.165) is 30.4 Å². The average Bonchev–Trinajstić information content (AvgIpc) is 3.18. The van der Waals surface area contributed by atoms with E-state index >= 15 is 0 Å². The van der Waals surface area contributed by atoms with Gasteiger partial charge in [0.05, 0.1) is 0 Å². The van der Waals surface area contributed by atoms with Crippen LogP contribution in [0.2, 0.25) is 0 Å². The van der Waals surface area contributed by atoms with E-state index in [9.17, 15) is 9.59 Å². The summed E-state index contributed by atoms with van der Waals surface area (Å²) in [6, 6.07) is 14.3. The molecule has 1 N–H and O–H groups in total. The van der Waals surface area contributed by atoms with E-state index in [1.54, 1.807) is 43.3 Å². The first-order valence-electron chi connectivity index (χ1n) is 8.65. The van der Waals surface area contributed by atoms with E-state index < -0.39 is 6.10 Å². The number of benzene rings is 2. The molecule has 1 heterocycles. The van der Waals surface area contributed by atoms with Crippen LogP contribution in [0.3, 0.4) is 0 Å². The molecule has 2 aromatic carbocycles. The lowest BCUT2D eigenvalue weighted by atomic mass is 10.1. The molecule has 5 nitrogen and oxygen atoms in total. The molecule has 6 heteroatoms. The molecule has 1 fully saturated rings. The van der Waals surface area contributed by atoms with Crippen LogP contribution in [0, 0.1) is 0 Å². The number of hydrogen-bond acceptors (Lipinski definition) is 3. The highest BCUT2D eigenvalue weighted by molar-refractivity contribution is 9.10. The van der Waals surface area contributed by atoms with E-state index in [2.05, 4.69) is 21.2 Å². The predicted octanol–water partition coefficient (Wildman–Crippen LogP) is 4.09. The highest BCUT2D eigenvalue weighted by Gasteiger charge is 2.20. The second-order valence-electron chi connectivity index (χ2n) is 6.28. The Morgan fingerprint density at radius 2 is 1.81 bits per heavy atom. The lowest BCUT2D eigenvalue weighted by molar-refractivity contribution is -0.122. The maximum atomic E-state index is 12.5. The molecule has 1 atom stereocenters. The maximum absolute atomic E-state index is 12.5. The Bertz CT molecular complexity index is 786. The molecule has 1 aliphatic rings. The molecule has 136 valence electrons. The van der Waals surface area contributed by atoms with Crippen LogP contribution < -0.4 is 10.1 Å². The number of nitrogens with zero attached hydrogens (tertiary/aromatic N) is 1. The number of rotatable bonds is 5. The number of nitrogens with one attached hydrogen (secondary N) is 1. The summed E-state index contributed by atoms with van der Waals surface area (Å²) in [7, 11) is 0. The van der Waals surface area contributed by atoms with Gasteiger partial charge < -0.3 is 15.0 Å². The van der Waals surface area contributed by atoms with Crippen molar-refractivity contribution >= 4 is 33.4 Å². The Balaban J connectivity index is 1.62. The van der Waals surface area contributed by atoms with Gasteiger partial charge in [0.15, 0.2) is 6.10 Å². The third kappa shape index (κ3) is 4.64. The number of anilines is 1. The molecule has 1 unspecified atom stereocenters.